The number of pyridine rings is 1. The molecule has 1 aliphatic heterocycles. The van der Waals surface area contributed by atoms with Gasteiger partial charge in [-0.25, -0.2) is 0 Å². The molecule has 1 saturated heterocycles. The summed E-state index contributed by atoms with van der Waals surface area (Å²) in [7, 11) is 1.59. The summed E-state index contributed by atoms with van der Waals surface area (Å²) in [5.41, 5.74) is 2.65. The first-order chi connectivity index (χ1) is 17.1. The molecule has 178 valence electrons. The van der Waals surface area contributed by atoms with Crippen LogP contribution in [0.15, 0.2) is 83.4 Å². The highest BCUT2D eigenvalue weighted by molar-refractivity contribution is 7.80. The molecule has 1 N–H and O–H groups in total. The molecule has 3 heterocycles. The van der Waals surface area contributed by atoms with Gasteiger partial charge in [-0.1, -0.05) is 17.7 Å². The molecule has 5 rings (SSSR count). The van der Waals surface area contributed by atoms with Crippen molar-refractivity contribution in [2.75, 3.05) is 18.6 Å². The average molecular weight is 506 g/mol. The van der Waals surface area contributed by atoms with Crippen LogP contribution >= 0.6 is 23.8 Å². The van der Waals surface area contributed by atoms with E-state index in [1.807, 2.05) is 84.6 Å². The number of hydrogen-bond acceptors (Lipinski definition) is 5. The first kappa shape index (κ1) is 23.2. The number of nitrogens with one attached hydrogen (secondary N) is 1. The molecule has 0 bridgehead atoms. The number of furan rings is 1. The van der Waals surface area contributed by atoms with E-state index in [1.165, 1.54) is 0 Å². The van der Waals surface area contributed by atoms with Gasteiger partial charge in [0.15, 0.2) is 5.11 Å². The highest BCUT2D eigenvalue weighted by Crippen LogP contribution is 2.44. The van der Waals surface area contributed by atoms with Crippen LogP contribution in [0.4, 0.5) is 5.69 Å². The zero-order valence-electron chi connectivity index (χ0n) is 19.3. The summed E-state index contributed by atoms with van der Waals surface area (Å²) in [5, 5.41) is 4.49. The summed E-state index contributed by atoms with van der Waals surface area (Å²) in [6.07, 6.45) is 1.78. The van der Waals surface area contributed by atoms with Crippen molar-refractivity contribution in [1.82, 2.24) is 10.3 Å². The van der Waals surface area contributed by atoms with E-state index in [4.69, 9.17) is 37.7 Å². The van der Waals surface area contributed by atoms with Crippen LogP contribution in [0, 0.1) is 0 Å². The molecule has 0 spiro atoms. The fourth-order valence-electron chi connectivity index (χ4n) is 4.28. The molecular formula is C27H24ClN3O3S. The number of methoxy groups -OCH3 is 1. The molecule has 0 amide bonds. The number of hydrogen-bond donors (Lipinski definition) is 1. The number of thiocarbonyl (C=S) groups is 1. The van der Waals surface area contributed by atoms with Gasteiger partial charge in [-0.15, -0.1) is 0 Å². The summed E-state index contributed by atoms with van der Waals surface area (Å²) in [6, 6.07) is 22.8. The van der Waals surface area contributed by atoms with E-state index in [1.54, 1.807) is 13.3 Å². The van der Waals surface area contributed by atoms with Crippen LogP contribution in [0.2, 0.25) is 5.02 Å². The molecule has 0 aliphatic carbocycles. The number of rotatable bonds is 7. The van der Waals surface area contributed by atoms with Crippen molar-refractivity contribution in [2.24, 2.45) is 0 Å². The highest BCUT2D eigenvalue weighted by atomic mass is 35.5. The molecule has 4 aromatic rings. The normalized spacial score (nSPS) is 17.3. The zero-order valence-corrected chi connectivity index (χ0v) is 20.8. The van der Waals surface area contributed by atoms with Gasteiger partial charge in [0.05, 0.1) is 30.5 Å². The second-order valence-corrected chi connectivity index (χ2v) is 8.77. The van der Waals surface area contributed by atoms with Crippen LogP contribution < -0.4 is 19.7 Å². The predicted octanol–water partition coefficient (Wildman–Crippen LogP) is 6.58. The number of anilines is 1. The Hall–Kier alpha value is -3.55. The molecule has 1 fully saturated rings. The van der Waals surface area contributed by atoms with Crippen molar-refractivity contribution >= 4 is 34.6 Å². The minimum atomic E-state index is -0.279. The van der Waals surface area contributed by atoms with Crippen LogP contribution in [-0.2, 0) is 0 Å². The van der Waals surface area contributed by atoms with E-state index in [0.717, 1.165) is 34.2 Å². The molecule has 0 radical (unpaired) electrons. The minimum Gasteiger partial charge on any atom is -0.495 e. The number of aromatic nitrogens is 1. The number of halogens is 1. The number of nitrogens with zero attached hydrogens (tertiary/aromatic N) is 2. The topological polar surface area (TPSA) is 59.8 Å². The van der Waals surface area contributed by atoms with Gasteiger partial charge in [-0.2, -0.15) is 0 Å². The van der Waals surface area contributed by atoms with Crippen LogP contribution in [0.25, 0.3) is 11.3 Å². The van der Waals surface area contributed by atoms with Gasteiger partial charge < -0.3 is 24.1 Å². The van der Waals surface area contributed by atoms with Gasteiger partial charge in [0.25, 0.3) is 0 Å². The maximum Gasteiger partial charge on any atom is 0.174 e. The molecule has 0 unspecified atom stereocenters. The molecule has 8 heteroatoms. The van der Waals surface area contributed by atoms with Gasteiger partial charge in [-0.3, -0.25) is 4.98 Å². The monoisotopic (exact) mass is 505 g/mol. The standard InChI is InChI=1S/C27H24ClN3O3S/c1-3-33-19-10-7-17(8-11-19)22-13-14-24(34-22)26-25(21-6-4-5-15-29-21)30-27(35)31(26)18-9-12-23(32-2)20(28)16-18/h4-16,25-26H,3H2,1-2H3,(H,30,35)/t25-,26-/m0/s1. The number of benzene rings is 2. The van der Waals surface area contributed by atoms with E-state index >= 15 is 0 Å². The third-order valence-corrected chi connectivity index (χ3v) is 6.49. The van der Waals surface area contributed by atoms with E-state index < -0.39 is 0 Å². The first-order valence-corrected chi connectivity index (χ1v) is 12.0. The summed E-state index contributed by atoms with van der Waals surface area (Å²) in [5.74, 6) is 2.94. The third kappa shape index (κ3) is 4.57. The van der Waals surface area contributed by atoms with Crippen molar-refractivity contribution in [3.63, 3.8) is 0 Å². The Labute approximate surface area is 214 Å². The lowest BCUT2D eigenvalue weighted by Gasteiger charge is -2.26. The molecule has 1 aliphatic rings. The number of ether oxygens (including phenoxy) is 2. The first-order valence-electron chi connectivity index (χ1n) is 11.3. The lowest BCUT2D eigenvalue weighted by molar-refractivity contribution is 0.340. The summed E-state index contributed by atoms with van der Waals surface area (Å²) >= 11 is 12.2. The summed E-state index contributed by atoms with van der Waals surface area (Å²) in [6.45, 7) is 2.59. The van der Waals surface area contributed by atoms with E-state index in [2.05, 4.69) is 10.3 Å². The average Bonchev–Trinajstić information content (AvgIpc) is 3.50. The van der Waals surface area contributed by atoms with E-state index in [9.17, 15) is 0 Å². The second-order valence-electron chi connectivity index (χ2n) is 7.97. The Morgan fingerprint density at radius 1 is 1.09 bits per heavy atom. The minimum absolute atomic E-state index is 0.219. The zero-order chi connectivity index (χ0) is 24.4. The van der Waals surface area contributed by atoms with E-state index in [-0.39, 0.29) is 12.1 Å². The Morgan fingerprint density at radius 3 is 2.60 bits per heavy atom. The molecule has 2 aromatic carbocycles. The van der Waals surface area contributed by atoms with Crippen molar-refractivity contribution < 1.29 is 13.9 Å². The van der Waals surface area contributed by atoms with Gasteiger partial charge in [0.1, 0.15) is 29.1 Å². The lowest BCUT2D eigenvalue weighted by Crippen LogP contribution is -2.29. The quantitative estimate of drug-likeness (QED) is 0.285. The van der Waals surface area contributed by atoms with Crippen LogP contribution in [0.3, 0.4) is 0 Å². The molecule has 6 nitrogen and oxygen atoms in total. The largest absolute Gasteiger partial charge is 0.495 e. The predicted molar refractivity (Wildman–Crippen MR) is 141 cm³/mol. The molecular weight excluding hydrogens is 482 g/mol. The van der Waals surface area contributed by atoms with Crippen molar-refractivity contribution in [3.05, 3.63) is 95.5 Å². The van der Waals surface area contributed by atoms with Gasteiger partial charge >= 0.3 is 0 Å². The fraction of sp³-hybridized carbons (Fsp3) is 0.185. The lowest BCUT2D eigenvalue weighted by atomic mass is 10.0. The van der Waals surface area contributed by atoms with Gasteiger partial charge in [0.2, 0.25) is 0 Å². The maximum absolute atomic E-state index is 6.46. The van der Waals surface area contributed by atoms with Crippen molar-refractivity contribution in [3.8, 4) is 22.8 Å². The van der Waals surface area contributed by atoms with E-state index in [0.29, 0.717) is 22.5 Å². The Morgan fingerprint density at radius 2 is 1.91 bits per heavy atom. The van der Waals surface area contributed by atoms with Gasteiger partial charge in [-0.05, 0) is 85.9 Å². The summed E-state index contributed by atoms with van der Waals surface area (Å²) < 4.78 is 17.3. The highest BCUT2D eigenvalue weighted by Gasteiger charge is 2.42. The molecule has 35 heavy (non-hydrogen) atoms. The third-order valence-electron chi connectivity index (χ3n) is 5.88. The van der Waals surface area contributed by atoms with Gasteiger partial charge in [0, 0.05) is 17.4 Å². The second kappa shape index (κ2) is 9.98. The SMILES string of the molecule is CCOc1ccc(-c2ccc([C@H]3[C@H](c4ccccn4)NC(=S)N3c3ccc(OC)c(Cl)c3)o2)cc1. The maximum atomic E-state index is 6.46. The van der Waals surface area contributed by atoms with Crippen molar-refractivity contribution in [1.29, 1.82) is 0 Å². The molecule has 2 atom stereocenters. The Kier molecular flexibility index (Phi) is 6.61. The van der Waals surface area contributed by atoms with Crippen molar-refractivity contribution in [2.45, 2.75) is 19.0 Å². The van der Waals surface area contributed by atoms with Crippen LogP contribution in [0.5, 0.6) is 11.5 Å². The molecule has 0 saturated carbocycles. The fourth-order valence-corrected chi connectivity index (χ4v) is 4.87. The summed E-state index contributed by atoms with van der Waals surface area (Å²) in [4.78, 5) is 6.60. The van der Waals surface area contributed by atoms with Crippen LogP contribution in [-0.4, -0.2) is 23.8 Å². The van der Waals surface area contributed by atoms with Crippen LogP contribution in [0.1, 0.15) is 30.5 Å². The smallest absolute Gasteiger partial charge is 0.174 e. The Bertz CT molecular complexity index is 1330. The molecule has 2 aromatic heterocycles. The Balaban J connectivity index is 1.55.